The summed E-state index contributed by atoms with van der Waals surface area (Å²) in [6.07, 6.45) is 7.73. The fourth-order valence-electron chi connectivity index (χ4n) is 0.876. The fraction of sp³-hybridized carbons (Fsp3) is 0.100. The SMILES string of the molecule is C=CC[n+]1ccc(C=C)cc1.[Cl-]. The topological polar surface area (TPSA) is 3.88 Å². The second-order valence-corrected chi connectivity index (χ2v) is 2.32. The Bertz CT molecular complexity index is 251. The van der Waals surface area contributed by atoms with Crippen LogP contribution >= 0.6 is 0 Å². The van der Waals surface area contributed by atoms with Crippen molar-refractivity contribution in [3.05, 3.63) is 49.3 Å². The molecule has 0 unspecified atom stereocenters. The monoisotopic (exact) mass is 181 g/mol. The number of aromatic nitrogens is 1. The summed E-state index contributed by atoms with van der Waals surface area (Å²) in [7, 11) is 0. The van der Waals surface area contributed by atoms with Crippen LogP contribution in [0.2, 0.25) is 0 Å². The third-order valence-electron chi connectivity index (χ3n) is 1.49. The van der Waals surface area contributed by atoms with Gasteiger partial charge in [-0.25, -0.2) is 4.57 Å². The lowest BCUT2D eigenvalue weighted by Crippen LogP contribution is -3.00. The largest absolute Gasteiger partial charge is 1.00 e. The Kier molecular flexibility index (Phi) is 5.06. The third-order valence-corrected chi connectivity index (χ3v) is 1.49. The summed E-state index contributed by atoms with van der Waals surface area (Å²) >= 11 is 0. The Morgan fingerprint density at radius 2 is 1.83 bits per heavy atom. The van der Waals surface area contributed by atoms with Gasteiger partial charge in [-0.1, -0.05) is 19.2 Å². The summed E-state index contributed by atoms with van der Waals surface area (Å²) in [4.78, 5) is 0. The number of pyridine rings is 1. The lowest BCUT2D eigenvalue weighted by atomic mass is 10.3. The number of rotatable bonds is 3. The van der Waals surface area contributed by atoms with E-state index in [0.717, 1.165) is 12.1 Å². The van der Waals surface area contributed by atoms with Crippen LogP contribution < -0.4 is 17.0 Å². The predicted molar refractivity (Wildman–Crippen MR) is 46.9 cm³/mol. The van der Waals surface area contributed by atoms with Crippen molar-refractivity contribution < 1.29 is 17.0 Å². The molecular formula is C10H12ClN. The lowest BCUT2D eigenvalue weighted by molar-refractivity contribution is -0.687. The zero-order valence-electron chi connectivity index (χ0n) is 6.91. The summed E-state index contributed by atoms with van der Waals surface area (Å²) in [6.45, 7) is 8.19. The molecule has 0 N–H and O–H groups in total. The van der Waals surface area contributed by atoms with Gasteiger partial charge in [-0.2, -0.15) is 0 Å². The maximum absolute atomic E-state index is 3.68. The molecule has 1 aromatic rings. The molecule has 0 saturated heterocycles. The van der Waals surface area contributed by atoms with Gasteiger partial charge >= 0.3 is 0 Å². The zero-order chi connectivity index (χ0) is 8.10. The van der Waals surface area contributed by atoms with Crippen LogP contribution in [0.3, 0.4) is 0 Å². The smallest absolute Gasteiger partial charge is 0.169 e. The summed E-state index contributed by atoms with van der Waals surface area (Å²) < 4.78 is 2.06. The van der Waals surface area contributed by atoms with Crippen LogP contribution in [0.5, 0.6) is 0 Å². The molecule has 1 aromatic heterocycles. The first-order valence-corrected chi connectivity index (χ1v) is 3.59. The van der Waals surface area contributed by atoms with E-state index < -0.39 is 0 Å². The van der Waals surface area contributed by atoms with Gasteiger partial charge < -0.3 is 12.4 Å². The number of allylic oxidation sites excluding steroid dienone is 1. The molecule has 1 nitrogen and oxygen atoms in total. The van der Waals surface area contributed by atoms with E-state index in [4.69, 9.17) is 0 Å². The Balaban J connectivity index is 0.00000121. The highest BCUT2D eigenvalue weighted by Crippen LogP contribution is 1.94. The van der Waals surface area contributed by atoms with Crippen molar-refractivity contribution in [3.8, 4) is 0 Å². The number of nitrogens with zero attached hydrogens (tertiary/aromatic N) is 1. The second-order valence-electron chi connectivity index (χ2n) is 2.32. The summed E-state index contributed by atoms with van der Waals surface area (Å²) in [5.74, 6) is 0. The molecule has 0 aliphatic rings. The van der Waals surface area contributed by atoms with Gasteiger partial charge in [-0.15, -0.1) is 0 Å². The number of halogens is 1. The van der Waals surface area contributed by atoms with Crippen molar-refractivity contribution in [2.24, 2.45) is 0 Å². The van der Waals surface area contributed by atoms with E-state index in [0.29, 0.717) is 0 Å². The van der Waals surface area contributed by atoms with Crippen molar-refractivity contribution in [1.29, 1.82) is 0 Å². The molecule has 2 heteroatoms. The molecule has 0 radical (unpaired) electrons. The van der Waals surface area contributed by atoms with Gasteiger partial charge in [-0.05, 0) is 11.6 Å². The molecule has 0 fully saturated rings. The van der Waals surface area contributed by atoms with E-state index in [9.17, 15) is 0 Å². The number of hydrogen-bond donors (Lipinski definition) is 0. The molecule has 12 heavy (non-hydrogen) atoms. The van der Waals surface area contributed by atoms with Crippen molar-refractivity contribution in [1.82, 2.24) is 0 Å². The fourth-order valence-corrected chi connectivity index (χ4v) is 0.876. The molecule has 1 rings (SSSR count). The Labute approximate surface area is 79.5 Å². The van der Waals surface area contributed by atoms with Crippen LogP contribution in [-0.4, -0.2) is 0 Å². The minimum absolute atomic E-state index is 0. The summed E-state index contributed by atoms with van der Waals surface area (Å²) in [5.41, 5.74) is 1.14. The van der Waals surface area contributed by atoms with Gasteiger partial charge in [0.05, 0.1) is 0 Å². The van der Waals surface area contributed by atoms with Crippen LogP contribution in [0.4, 0.5) is 0 Å². The highest BCUT2D eigenvalue weighted by Gasteiger charge is 1.93. The molecule has 0 bridgehead atoms. The van der Waals surface area contributed by atoms with Gasteiger partial charge in [0.25, 0.3) is 0 Å². The summed E-state index contributed by atoms with van der Waals surface area (Å²) in [5, 5.41) is 0. The van der Waals surface area contributed by atoms with Crippen LogP contribution in [0, 0.1) is 0 Å². The molecule has 0 aromatic carbocycles. The van der Waals surface area contributed by atoms with Gasteiger partial charge in [-0.3, -0.25) is 0 Å². The van der Waals surface area contributed by atoms with Crippen LogP contribution in [-0.2, 0) is 6.54 Å². The molecule has 0 spiro atoms. The molecule has 1 heterocycles. The average molecular weight is 182 g/mol. The van der Waals surface area contributed by atoms with E-state index in [1.165, 1.54) is 0 Å². The quantitative estimate of drug-likeness (QED) is 0.408. The normalized spacial score (nSPS) is 8.33. The average Bonchev–Trinajstić information content (AvgIpc) is 2.07. The molecule has 64 valence electrons. The van der Waals surface area contributed by atoms with Crippen molar-refractivity contribution in [2.45, 2.75) is 6.54 Å². The first-order valence-electron chi connectivity index (χ1n) is 3.59. The molecule has 0 aliphatic carbocycles. The first kappa shape index (κ1) is 10.9. The first-order chi connectivity index (χ1) is 5.36. The minimum atomic E-state index is 0. The van der Waals surface area contributed by atoms with Crippen LogP contribution in [0.1, 0.15) is 5.56 Å². The van der Waals surface area contributed by atoms with Crippen molar-refractivity contribution >= 4 is 6.08 Å². The van der Waals surface area contributed by atoms with Gasteiger partial charge in [0.1, 0.15) is 0 Å². The van der Waals surface area contributed by atoms with Crippen molar-refractivity contribution in [2.75, 3.05) is 0 Å². The molecule has 0 amide bonds. The van der Waals surface area contributed by atoms with E-state index in [-0.39, 0.29) is 12.4 Å². The van der Waals surface area contributed by atoms with Gasteiger partial charge in [0.2, 0.25) is 0 Å². The van der Waals surface area contributed by atoms with E-state index in [2.05, 4.69) is 17.7 Å². The van der Waals surface area contributed by atoms with Crippen LogP contribution in [0.15, 0.2) is 43.8 Å². The van der Waals surface area contributed by atoms with Gasteiger partial charge in [0.15, 0.2) is 18.9 Å². The molecule has 0 saturated carbocycles. The van der Waals surface area contributed by atoms with Crippen molar-refractivity contribution in [3.63, 3.8) is 0 Å². The highest BCUT2D eigenvalue weighted by molar-refractivity contribution is 5.44. The second kappa shape index (κ2) is 5.56. The minimum Gasteiger partial charge on any atom is -1.00 e. The highest BCUT2D eigenvalue weighted by atomic mass is 35.5. The number of hydrogen-bond acceptors (Lipinski definition) is 0. The van der Waals surface area contributed by atoms with E-state index in [1.807, 2.05) is 36.7 Å². The van der Waals surface area contributed by atoms with E-state index in [1.54, 1.807) is 0 Å². The van der Waals surface area contributed by atoms with Crippen LogP contribution in [0.25, 0.3) is 6.08 Å². The Hall–Kier alpha value is -1.08. The summed E-state index contributed by atoms with van der Waals surface area (Å²) in [6, 6.07) is 4.05. The Morgan fingerprint density at radius 1 is 1.25 bits per heavy atom. The standard InChI is InChI=1S/C10H12N.ClH/c1-3-7-11-8-5-10(4-2)6-9-11;/h3-6,8-9H,1-2,7H2;1H/q+1;/p-1. The molecule has 0 atom stereocenters. The lowest BCUT2D eigenvalue weighted by Gasteiger charge is -1.91. The van der Waals surface area contributed by atoms with Gasteiger partial charge in [0, 0.05) is 12.1 Å². The molecular weight excluding hydrogens is 170 g/mol. The molecule has 0 aliphatic heterocycles. The third kappa shape index (κ3) is 2.89. The zero-order valence-corrected chi connectivity index (χ0v) is 7.67. The van der Waals surface area contributed by atoms with E-state index >= 15 is 0 Å². The Morgan fingerprint density at radius 3 is 2.25 bits per heavy atom. The maximum Gasteiger partial charge on any atom is 0.169 e. The predicted octanol–water partition coefficient (Wildman–Crippen LogP) is -1.19. The maximum atomic E-state index is 3.68.